The van der Waals surface area contributed by atoms with Crippen LogP contribution in [0.5, 0.6) is 0 Å². The monoisotopic (exact) mass is 694 g/mol. The summed E-state index contributed by atoms with van der Waals surface area (Å²) < 4.78 is 9.98. The average molecular weight is 697 g/mol. The standard InChI is InChI=1S/C28H32Br3N2O.CH2O2/c1-21(18-22-2-8-25(29)9-3-22)28(32,19-23-4-10-26(30)11-5-23)33(14-16-34-17-15-33)20-24-6-12-27(31)13-7-24;2-1-3/h2-13,21H,14-20,32H2,1H3;1H,(H,2,3)/q+1;/p-1. The number of hydrogen-bond acceptors (Lipinski definition) is 4. The maximum Gasteiger partial charge on any atom is 0.157 e. The predicted octanol–water partition coefficient (Wildman–Crippen LogP) is 5.46. The number of carbonyl (C=O) groups is 1. The van der Waals surface area contributed by atoms with Gasteiger partial charge < -0.3 is 14.6 Å². The molecule has 37 heavy (non-hydrogen) atoms. The molecule has 2 unspecified atom stereocenters. The van der Waals surface area contributed by atoms with E-state index in [-0.39, 0.29) is 5.92 Å². The van der Waals surface area contributed by atoms with Crippen LogP contribution in [0.2, 0.25) is 0 Å². The maximum atomic E-state index is 8.25. The molecular weight excluding hydrogens is 664 g/mol. The molecule has 0 amide bonds. The number of benzene rings is 3. The van der Waals surface area contributed by atoms with Crippen molar-refractivity contribution in [2.75, 3.05) is 26.3 Å². The van der Waals surface area contributed by atoms with Crippen LogP contribution in [-0.2, 0) is 28.9 Å². The Labute approximate surface area is 245 Å². The van der Waals surface area contributed by atoms with E-state index in [1.165, 1.54) is 16.7 Å². The first-order valence-electron chi connectivity index (χ1n) is 12.2. The molecule has 4 rings (SSSR count). The fraction of sp³-hybridized carbons (Fsp3) is 0.345. The van der Waals surface area contributed by atoms with Crippen LogP contribution in [0.25, 0.3) is 0 Å². The molecule has 0 aromatic heterocycles. The van der Waals surface area contributed by atoms with Gasteiger partial charge in [0.2, 0.25) is 0 Å². The van der Waals surface area contributed by atoms with Gasteiger partial charge in [0, 0.05) is 37.8 Å². The first-order valence-corrected chi connectivity index (χ1v) is 14.6. The molecule has 198 valence electrons. The largest absolute Gasteiger partial charge is 0.554 e. The zero-order valence-electron chi connectivity index (χ0n) is 20.9. The minimum Gasteiger partial charge on any atom is -0.554 e. The van der Waals surface area contributed by atoms with Gasteiger partial charge in [-0.05, 0) is 53.9 Å². The van der Waals surface area contributed by atoms with Crippen molar-refractivity contribution in [3.8, 4) is 0 Å². The van der Waals surface area contributed by atoms with Gasteiger partial charge in [-0.3, -0.25) is 10.2 Å². The van der Waals surface area contributed by atoms with Gasteiger partial charge in [-0.15, -0.1) is 0 Å². The average Bonchev–Trinajstić information content (AvgIpc) is 2.89. The highest BCUT2D eigenvalue weighted by Crippen LogP contribution is 2.37. The zero-order chi connectivity index (χ0) is 26.9. The molecule has 1 heterocycles. The summed E-state index contributed by atoms with van der Waals surface area (Å²) in [6.45, 7) is 6.02. The highest BCUT2D eigenvalue weighted by atomic mass is 79.9. The maximum absolute atomic E-state index is 8.25. The molecule has 0 saturated carbocycles. The van der Waals surface area contributed by atoms with Crippen molar-refractivity contribution in [1.29, 1.82) is 0 Å². The number of carbonyl (C=O) groups excluding carboxylic acids is 1. The molecule has 3 aromatic carbocycles. The number of nitrogens with two attached hydrogens (primary N) is 1. The Kier molecular flexibility index (Phi) is 11.4. The quantitative estimate of drug-likeness (QED) is 0.251. The van der Waals surface area contributed by atoms with E-state index < -0.39 is 12.1 Å². The molecule has 3 aromatic rings. The number of carboxylic acid groups (broad SMARTS) is 1. The van der Waals surface area contributed by atoms with Gasteiger partial charge in [-0.1, -0.05) is 91.1 Å². The summed E-state index contributed by atoms with van der Waals surface area (Å²) in [4.78, 5) is 8.25. The van der Waals surface area contributed by atoms with Crippen molar-refractivity contribution in [3.05, 3.63) is 103 Å². The smallest absolute Gasteiger partial charge is 0.157 e. The van der Waals surface area contributed by atoms with Gasteiger partial charge >= 0.3 is 0 Å². The van der Waals surface area contributed by atoms with Crippen LogP contribution in [0.1, 0.15) is 23.6 Å². The third kappa shape index (κ3) is 7.97. The van der Waals surface area contributed by atoms with Crippen molar-refractivity contribution < 1.29 is 19.1 Å². The van der Waals surface area contributed by atoms with Crippen molar-refractivity contribution in [2.45, 2.75) is 32.0 Å². The third-order valence-electron chi connectivity index (χ3n) is 7.32. The third-order valence-corrected chi connectivity index (χ3v) is 8.90. The molecule has 8 heteroatoms. The molecule has 2 N–H and O–H groups in total. The summed E-state index contributed by atoms with van der Waals surface area (Å²) in [5, 5.41) is 8.25. The van der Waals surface area contributed by atoms with E-state index in [1.54, 1.807) is 0 Å². The lowest BCUT2D eigenvalue weighted by molar-refractivity contribution is -0.998. The Balaban J connectivity index is 0.00000121. The van der Waals surface area contributed by atoms with Crippen LogP contribution >= 0.6 is 47.8 Å². The van der Waals surface area contributed by atoms with Crippen LogP contribution in [0.3, 0.4) is 0 Å². The number of nitrogens with zero attached hydrogens (tertiary/aromatic N) is 1. The molecule has 1 aliphatic heterocycles. The van der Waals surface area contributed by atoms with E-state index in [0.29, 0.717) is 0 Å². The highest BCUT2D eigenvalue weighted by molar-refractivity contribution is 9.11. The molecule has 1 fully saturated rings. The van der Waals surface area contributed by atoms with Crippen LogP contribution < -0.4 is 10.8 Å². The molecular formula is C29H33Br3N2O3. The zero-order valence-corrected chi connectivity index (χ0v) is 25.7. The number of hydrogen-bond donors (Lipinski definition) is 1. The summed E-state index contributed by atoms with van der Waals surface area (Å²) in [5.74, 6) is 0.255. The van der Waals surface area contributed by atoms with Gasteiger partial charge in [0.15, 0.2) is 5.66 Å². The second-order valence-electron chi connectivity index (χ2n) is 9.61. The predicted molar refractivity (Wildman–Crippen MR) is 156 cm³/mol. The van der Waals surface area contributed by atoms with Gasteiger partial charge in [0.25, 0.3) is 0 Å². The van der Waals surface area contributed by atoms with Gasteiger partial charge in [0.05, 0.1) is 13.2 Å². The molecule has 1 saturated heterocycles. The van der Waals surface area contributed by atoms with E-state index in [2.05, 4.69) is 128 Å². The molecule has 0 spiro atoms. The van der Waals surface area contributed by atoms with Crippen molar-refractivity contribution in [3.63, 3.8) is 0 Å². The van der Waals surface area contributed by atoms with Crippen molar-refractivity contribution in [1.82, 2.24) is 0 Å². The van der Waals surface area contributed by atoms with Crippen LogP contribution in [0.15, 0.2) is 86.2 Å². The van der Waals surface area contributed by atoms with E-state index in [4.69, 9.17) is 20.4 Å². The Bertz CT molecular complexity index is 1120. The lowest BCUT2D eigenvalue weighted by Crippen LogP contribution is -2.75. The molecule has 2 atom stereocenters. The first-order chi connectivity index (χ1) is 17.7. The Hall–Kier alpha value is -1.55. The first kappa shape index (κ1) is 30.0. The minimum atomic E-state index is -0.500. The fourth-order valence-electron chi connectivity index (χ4n) is 5.24. The van der Waals surface area contributed by atoms with Crippen molar-refractivity contribution in [2.24, 2.45) is 11.7 Å². The Morgan fingerprint density at radius 3 is 1.73 bits per heavy atom. The van der Waals surface area contributed by atoms with Crippen LogP contribution in [0, 0.1) is 5.92 Å². The summed E-state index contributed by atoms with van der Waals surface area (Å²) >= 11 is 10.7. The second-order valence-corrected chi connectivity index (χ2v) is 12.4. The minimum absolute atomic E-state index is 0.255. The molecule has 0 bridgehead atoms. The van der Waals surface area contributed by atoms with E-state index >= 15 is 0 Å². The van der Waals surface area contributed by atoms with Gasteiger partial charge in [-0.2, -0.15) is 0 Å². The van der Waals surface area contributed by atoms with Crippen molar-refractivity contribution >= 4 is 54.3 Å². The topological polar surface area (TPSA) is 75.4 Å². The van der Waals surface area contributed by atoms with Gasteiger partial charge in [0.1, 0.15) is 19.6 Å². The summed E-state index contributed by atoms with van der Waals surface area (Å²) in [5.41, 5.74) is 11.1. The number of rotatable bonds is 8. The van der Waals surface area contributed by atoms with Crippen LogP contribution in [0.4, 0.5) is 0 Å². The summed E-state index contributed by atoms with van der Waals surface area (Å²) in [6.07, 6.45) is 1.75. The van der Waals surface area contributed by atoms with E-state index in [0.717, 1.165) is 63.6 Å². The number of morpholine rings is 1. The van der Waals surface area contributed by atoms with E-state index in [1.807, 2.05) is 0 Å². The Morgan fingerprint density at radius 2 is 1.27 bits per heavy atom. The SMILES string of the molecule is CC(Cc1ccc(Br)cc1)C(N)(Cc1ccc(Br)cc1)[N+]1(Cc2ccc(Br)cc2)CCOCC1.O=C[O-]. The van der Waals surface area contributed by atoms with E-state index in [9.17, 15) is 0 Å². The molecule has 1 aliphatic rings. The Morgan fingerprint density at radius 1 is 0.865 bits per heavy atom. The molecule has 0 radical (unpaired) electrons. The number of halogens is 3. The highest BCUT2D eigenvalue weighted by Gasteiger charge is 2.52. The second kappa shape index (κ2) is 14.0. The molecule has 0 aliphatic carbocycles. The van der Waals surface area contributed by atoms with Gasteiger partial charge in [-0.25, -0.2) is 0 Å². The number of quaternary nitrogens is 1. The lowest BCUT2D eigenvalue weighted by atomic mass is 9.80. The summed E-state index contributed by atoms with van der Waals surface area (Å²) in [7, 11) is 0. The van der Waals surface area contributed by atoms with Crippen LogP contribution in [-0.4, -0.2) is 42.9 Å². The number of ether oxygens (including phenoxy) is 1. The fourth-order valence-corrected chi connectivity index (χ4v) is 6.04. The summed E-state index contributed by atoms with van der Waals surface area (Å²) in [6, 6.07) is 26.0. The normalized spacial score (nSPS) is 17.1. The lowest BCUT2D eigenvalue weighted by Gasteiger charge is -2.55. The molecule has 5 nitrogen and oxygen atoms in total.